The number of allylic oxidation sites excluding steroid dienone is 1. The Morgan fingerprint density at radius 2 is 1.82 bits per heavy atom. The highest BCUT2D eigenvalue weighted by atomic mass is 32.1. The Balaban J connectivity index is 2.05. The number of carbonyl (C=O) groups is 1. The lowest BCUT2D eigenvalue weighted by Crippen LogP contribution is -2.45. The van der Waals surface area contributed by atoms with Crippen molar-refractivity contribution < 1.29 is 14.3 Å². The Bertz CT molecular complexity index is 956. The van der Waals surface area contributed by atoms with Crippen LogP contribution in [0.4, 0.5) is 5.69 Å². The number of anilines is 1. The number of thiocarbonyl (C=S) groups is 1. The molecular formula is C21H23N3O3S. The van der Waals surface area contributed by atoms with Crippen LogP contribution in [0.5, 0.6) is 11.5 Å². The number of methoxy groups -OCH3 is 2. The molecule has 28 heavy (non-hydrogen) atoms. The first-order chi connectivity index (χ1) is 13.5. The molecule has 0 saturated heterocycles. The van der Waals surface area contributed by atoms with Crippen LogP contribution in [-0.2, 0) is 4.79 Å². The number of amides is 1. The van der Waals surface area contributed by atoms with Gasteiger partial charge in [-0.05, 0) is 43.8 Å². The third kappa shape index (κ3) is 3.80. The summed E-state index contributed by atoms with van der Waals surface area (Å²) in [5.74, 6) is 0.924. The van der Waals surface area contributed by atoms with E-state index in [-0.39, 0.29) is 5.91 Å². The fourth-order valence-electron chi connectivity index (χ4n) is 3.27. The van der Waals surface area contributed by atoms with E-state index in [0.29, 0.717) is 27.9 Å². The fourth-order valence-corrected chi connectivity index (χ4v) is 3.54. The van der Waals surface area contributed by atoms with Crippen LogP contribution in [0.25, 0.3) is 0 Å². The number of hydrogen-bond donors (Lipinski definition) is 3. The zero-order valence-electron chi connectivity index (χ0n) is 16.3. The lowest BCUT2D eigenvalue weighted by Gasteiger charge is -2.31. The smallest absolute Gasteiger partial charge is 0.255 e. The Morgan fingerprint density at radius 1 is 1.07 bits per heavy atom. The van der Waals surface area contributed by atoms with Crippen LogP contribution in [0, 0.1) is 6.92 Å². The van der Waals surface area contributed by atoms with Crippen molar-refractivity contribution in [1.29, 1.82) is 0 Å². The summed E-state index contributed by atoms with van der Waals surface area (Å²) >= 11 is 5.33. The zero-order valence-corrected chi connectivity index (χ0v) is 17.1. The van der Waals surface area contributed by atoms with Gasteiger partial charge in [-0.1, -0.05) is 30.3 Å². The van der Waals surface area contributed by atoms with Crippen LogP contribution in [-0.4, -0.2) is 25.2 Å². The topological polar surface area (TPSA) is 71.6 Å². The minimum absolute atomic E-state index is 0.218. The van der Waals surface area contributed by atoms with E-state index in [4.69, 9.17) is 21.7 Å². The van der Waals surface area contributed by atoms with Gasteiger partial charge in [0.1, 0.15) is 0 Å². The molecule has 0 saturated carbocycles. The lowest BCUT2D eigenvalue weighted by atomic mass is 9.93. The molecule has 1 unspecified atom stereocenters. The molecule has 1 heterocycles. The second-order valence-corrected chi connectivity index (χ2v) is 6.83. The number of ether oxygens (including phenoxy) is 2. The van der Waals surface area contributed by atoms with Gasteiger partial charge in [-0.2, -0.15) is 0 Å². The maximum absolute atomic E-state index is 13.2. The van der Waals surface area contributed by atoms with Crippen LogP contribution < -0.4 is 25.4 Å². The van der Waals surface area contributed by atoms with Crippen molar-refractivity contribution in [3.63, 3.8) is 0 Å². The Morgan fingerprint density at radius 3 is 2.50 bits per heavy atom. The van der Waals surface area contributed by atoms with E-state index in [9.17, 15) is 4.79 Å². The summed E-state index contributed by atoms with van der Waals surface area (Å²) in [4.78, 5) is 13.2. The molecule has 0 radical (unpaired) electrons. The van der Waals surface area contributed by atoms with Gasteiger partial charge in [0.25, 0.3) is 5.91 Å². The molecule has 1 atom stereocenters. The number of hydrogen-bond acceptors (Lipinski definition) is 4. The first kappa shape index (κ1) is 19.7. The zero-order chi connectivity index (χ0) is 20.3. The van der Waals surface area contributed by atoms with Crippen LogP contribution in [0.15, 0.2) is 53.7 Å². The molecule has 2 aromatic rings. The molecule has 0 aliphatic carbocycles. The van der Waals surface area contributed by atoms with E-state index in [2.05, 4.69) is 16.0 Å². The normalized spacial score (nSPS) is 16.1. The average molecular weight is 398 g/mol. The van der Waals surface area contributed by atoms with Crippen molar-refractivity contribution >= 4 is 28.9 Å². The van der Waals surface area contributed by atoms with E-state index in [1.165, 1.54) is 0 Å². The fraction of sp³-hybridized carbons (Fsp3) is 0.238. The number of para-hydroxylation sites is 2. The molecule has 1 aliphatic heterocycles. The van der Waals surface area contributed by atoms with Gasteiger partial charge < -0.3 is 25.4 Å². The van der Waals surface area contributed by atoms with Crippen molar-refractivity contribution in [3.05, 3.63) is 64.9 Å². The highest BCUT2D eigenvalue weighted by Gasteiger charge is 2.32. The van der Waals surface area contributed by atoms with Crippen LogP contribution in [0.3, 0.4) is 0 Å². The number of rotatable bonds is 5. The molecule has 146 valence electrons. The van der Waals surface area contributed by atoms with Crippen molar-refractivity contribution in [2.24, 2.45) is 0 Å². The third-order valence-electron chi connectivity index (χ3n) is 4.65. The summed E-state index contributed by atoms with van der Waals surface area (Å²) in [5.41, 5.74) is 3.72. The quantitative estimate of drug-likeness (QED) is 0.672. The van der Waals surface area contributed by atoms with Crippen LogP contribution in [0.1, 0.15) is 24.1 Å². The summed E-state index contributed by atoms with van der Waals surface area (Å²) in [6.45, 7) is 3.78. The van der Waals surface area contributed by atoms with E-state index in [0.717, 1.165) is 16.8 Å². The minimum atomic E-state index is -0.484. The second-order valence-electron chi connectivity index (χ2n) is 6.42. The average Bonchev–Trinajstić information content (AvgIpc) is 2.68. The predicted octanol–water partition coefficient (Wildman–Crippen LogP) is 3.44. The summed E-state index contributed by atoms with van der Waals surface area (Å²) in [6.07, 6.45) is 0. The SMILES string of the molecule is COc1cccc(C2NC(=S)NC(C)=C2C(=O)Nc2ccccc2C)c1OC. The largest absolute Gasteiger partial charge is 0.493 e. The summed E-state index contributed by atoms with van der Waals surface area (Å²) in [6, 6.07) is 12.7. The Hall–Kier alpha value is -3.06. The molecule has 3 N–H and O–H groups in total. The monoisotopic (exact) mass is 397 g/mol. The lowest BCUT2D eigenvalue weighted by molar-refractivity contribution is -0.113. The maximum atomic E-state index is 13.2. The van der Waals surface area contributed by atoms with Crippen molar-refractivity contribution in [2.45, 2.75) is 19.9 Å². The number of nitrogens with one attached hydrogen (secondary N) is 3. The second kappa shape index (κ2) is 8.31. The number of carbonyl (C=O) groups excluding carboxylic acids is 1. The number of aryl methyl sites for hydroxylation is 1. The molecule has 7 heteroatoms. The highest BCUT2D eigenvalue weighted by molar-refractivity contribution is 7.80. The van der Waals surface area contributed by atoms with Gasteiger partial charge in [0.05, 0.1) is 25.8 Å². The van der Waals surface area contributed by atoms with Gasteiger partial charge in [0.15, 0.2) is 16.6 Å². The Labute approximate surface area is 169 Å². The minimum Gasteiger partial charge on any atom is -0.493 e. The standard InChI is InChI=1S/C21H23N3O3S/c1-12-8-5-6-10-15(12)23-20(25)17-13(2)22-21(28)24-18(17)14-9-7-11-16(26-3)19(14)27-4/h5-11,18H,1-4H3,(H,23,25)(H2,22,24,28). The predicted molar refractivity (Wildman–Crippen MR) is 114 cm³/mol. The molecule has 0 bridgehead atoms. The molecule has 0 spiro atoms. The van der Waals surface area contributed by atoms with Gasteiger partial charge in [0.2, 0.25) is 0 Å². The highest BCUT2D eigenvalue weighted by Crippen LogP contribution is 2.39. The van der Waals surface area contributed by atoms with E-state index >= 15 is 0 Å². The van der Waals surface area contributed by atoms with Gasteiger partial charge in [0, 0.05) is 16.9 Å². The molecule has 0 fully saturated rings. The van der Waals surface area contributed by atoms with Crippen molar-refractivity contribution in [1.82, 2.24) is 10.6 Å². The van der Waals surface area contributed by atoms with Gasteiger partial charge >= 0.3 is 0 Å². The molecule has 2 aromatic carbocycles. The molecule has 3 rings (SSSR count). The van der Waals surface area contributed by atoms with Crippen molar-refractivity contribution in [3.8, 4) is 11.5 Å². The molecule has 0 aromatic heterocycles. The summed E-state index contributed by atoms with van der Waals surface area (Å²) in [5, 5.41) is 9.67. The van der Waals surface area contributed by atoms with Gasteiger partial charge in [-0.15, -0.1) is 0 Å². The van der Waals surface area contributed by atoms with Crippen LogP contribution >= 0.6 is 12.2 Å². The molecule has 1 amide bonds. The summed E-state index contributed by atoms with van der Waals surface area (Å²) < 4.78 is 11.0. The van der Waals surface area contributed by atoms with E-state index in [1.54, 1.807) is 14.2 Å². The molecule has 1 aliphatic rings. The third-order valence-corrected chi connectivity index (χ3v) is 4.87. The van der Waals surface area contributed by atoms with Gasteiger partial charge in [-0.25, -0.2) is 0 Å². The Kier molecular flexibility index (Phi) is 5.84. The first-order valence-electron chi connectivity index (χ1n) is 8.82. The summed E-state index contributed by atoms with van der Waals surface area (Å²) in [7, 11) is 3.15. The molecular weight excluding hydrogens is 374 g/mol. The van der Waals surface area contributed by atoms with E-state index in [1.807, 2.05) is 56.3 Å². The van der Waals surface area contributed by atoms with Crippen molar-refractivity contribution in [2.75, 3.05) is 19.5 Å². The van der Waals surface area contributed by atoms with Gasteiger partial charge in [-0.3, -0.25) is 4.79 Å². The van der Waals surface area contributed by atoms with E-state index < -0.39 is 6.04 Å². The van der Waals surface area contributed by atoms with Crippen LogP contribution in [0.2, 0.25) is 0 Å². The number of benzene rings is 2. The molecule has 6 nitrogen and oxygen atoms in total. The maximum Gasteiger partial charge on any atom is 0.255 e. The first-order valence-corrected chi connectivity index (χ1v) is 9.23.